The molecule has 2 heterocycles. The zero-order valence-electron chi connectivity index (χ0n) is 18.3. The molecule has 9 heteroatoms. The van der Waals surface area contributed by atoms with Crippen LogP contribution in [0.2, 0.25) is 0 Å². The smallest absolute Gasteiger partial charge is 0.313 e. The molecular weight excluding hydrogens is 422 g/mol. The summed E-state index contributed by atoms with van der Waals surface area (Å²) in [4.78, 5) is 47.1. The first-order chi connectivity index (χ1) is 16.1. The first kappa shape index (κ1) is 22.3. The number of benzene rings is 1. The fraction of sp³-hybridized carbons (Fsp3) is 0.292. The number of hydrogen-bond donors (Lipinski definition) is 2. The number of carbonyl (C=O) groups excluding carboxylic acids is 3. The zero-order chi connectivity index (χ0) is 23.2. The summed E-state index contributed by atoms with van der Waals surface area (Å²) in [6.07, 6.45) is 7.70. The lowest BCUT2D eigenvalue weighted by atomic mass is 9.99. The van der Waals surface area contributed by atoms with Crippen molar-refractivity contribution in [1.29, 1.82) is 0 Å². The third-order valence-corrected chi connectivity index (χ3v) is 5.56. The molecule has 0 saturated heterocycles. The second-order valence-electron chi connectivity index (χ2n) is 7.84. The molecule has 3 aromatic rings. The van der Waals surface area contributed by atoms with Crippen molar-refractivity contribution >= 4 is 17.6 Å². The highest BCUT2D eigenvalue weighted by Gasteiger charge is 2.29. The summed E-state index contributed by atoms with van der Waals surface area (Å²) in [7, 11) is 1.24. The van der Waals surface area contributed by atoms with Gasteiger partial charge in [-0.15, -0.1) is 0 Å². The first-order valence-electron chi connectivity index (χ1n) is 10.8. The van der Waals surface area contributed by atoms with Crippen molar-refractivity contribution in [3.8, 4) is 5.82 Å². The average Bonchev–Trinajstić information content (AvgIpc) is 3.28. The summed E-state index contributed by atoms with van der Waals surface area (Å²) in [5.41, 5.74) is 5.26. The lowest BCUT2D eigenvalue weighted by molar-refractivity contribution is -0.145. The maximum absolute atomic E-state index is 13.3. The van der Waals surface area contributed by atoms with Crippen molar-refractivity contribution in [2.24, 2.45) is 0 Å². The van der Waals surface area contributed by atoms with E-state index in [2.05, 4.69) is 20.2 Å². The summed E-state index contributed by atoms with van der Waals surface area (Å²) < 4.78 is 1.62. The van der Waals surface area contributed by atoms with Gasteiger partial charge < -0.3 is 5.32 Å². The minimum Gasteiger partial charge on any atom is -0.341 e. The Balaban J connectivity index is 1.61. The van der Waals surface area contributed by atoms with Crippen molar-refractivity contribution in [2.75, 3.05) is 7.11 Å². The first-order valence-corrected chi connectivity index (χ1v) is 10.8. The van der Waals surface area contributed by atoms with Gasteiger partial charge in [-0.05, 0) is 48.9 Å². The Bertz CT molecular complexity index is 1140. The van der Waals surface area contributed by atoms with Crippen LogP contribution in [0.4, 0.5) is 0 Å². The Morgan fingerprint density at radius 2 is 1.88 bits per heavy atom. The van der Waals surface area contributed by atoms with Gasteiger partial charge in [0.1, 0.15) is 6.04 Å². The van der Waals surface area contributed by atoms with Crippen molar-refractivity contribution < 1.29 is 19.2 Å². The van der Waals surface area contributed by atoms with E-state index in [0.717, 1.165) is 42.5 Å². The molecule has 0 fully saturated rings. The number of fused-ring (bicyclic) bond motifs is 1. The molecule has 0 aliphatic heterocycles. The van der Waals surface area contributed by atoms with Gasteiger partial charge >= 0.3 is 5.91 Å². The molecule has 1 atom stereocenters. The molecule has 1 aliphatic carbocycles. The van der Waals surface area contributed by atoms with E-state index in [1.165, 1.54) is 7.11 Å². The van der Waals surface area contributed by atoms with Crippen LogP contribution in [0.5, 0.6) is 0 Å². The van der Waals surface area contributed by atoms with E-state index in [9.17, 15) is 14.4 Å². The normalized spacial score (nSPS) is 13.6. The number of hydrogen-bond acceptors (Lipinski definition) is 6. The molecule has 1 aromatic carbocycles. The van der Waals surface area contributed by atoms with Crippen LogP contribution in [0.15, 0.2) is 54.9 Å². The summed E-state index contributed by atoms with van der Waals surface area (Å²) >= 11 is 0. The molecule has 0 radical (unpaired) electrons. The molecule has 4 rings (SSSR count). The molecule has 2 aromatic heterocycles. The molecule has 33 heavy (non-hydrogen) atoms. The third kappa shape index (κ3) is 5.15. The maximum atomic E-state index is 13.3. The molecule has 0 spiro atoms. The van der Waals surface area contributed by atoms with Crippen molar-refractivity contribution in [2.45, 2.75) is 38.1 Å². The van der Waals surface area contributed by atoms with Gasteiger partial charge in [0, 0.05) is 18.8 Å². The molecule has 1 unspecified atom stereocenters. The number of ketones is 1. The molecule has 1 aliphatic rings. The summed E-state index contributed by atoms with van der Waals surface area (Å²) in [6.45, 7) is 0. The van der Waals surface area contributed by atoms with Gasteiger partial charge in [-0.3, -0.25) is 19.2 Å². The predicted molar refractivity (Wildman–Crippen MR) is 120 cm³/mol. The number of aryl methyl sites for hydroxylation is 2. The number of Topliss-reactive ketones (excluding diaryl/α,β-unsaturated/α-hetero) is 1. The van der Waals surface area contributed by atoms with Gasteiger partial charge in [-0.1, -0.05) is 30.3 Å². The van der Waals surface area contributed by atoms with Crippen molar-refractivity contribution in [3.63, 3.8) is 0 Å². The van der Waals surface area contributed by atoms with E-state index in [1.807, 2.05) is 42.0 Å². The van der Waals surface area contributed by atoms with Crippen LogP contribution in [0.25, 0.3) is 5.82 Å². The lowest BCUT2D eigenvalue weighted by Gasteiger charge is -2.18. The standard InChI is InChI=1S/C24H25N5O4/c1-33-28-24(32)21(30)20(14-16-8-3-2-4-9-16)26-23(31)18-11-7-13-25-22(18)29-15-17-10-5-6-12-19(17)27-29/h2-4,7-9,11,13,15,20H,5-6,10,12,14H2,1H3,(H,26,31)(H,28,32). The average molecular weight is 447 g/mol. The fourth-order valence-electron chi connectivity index (χ4n) is 3.93. The Morgan fingerprint density at radius 3 is 2.64 bits per heavy atom. The van der Waals surface area contributed by atoms with Crippen molar-refractivity contribution in [3.05, 3.63) is 77.2 Å². The van der Waals surface area contributed by atoms with E-state index in [-0.39, 0.29) is 12.0 Å². The van der Waals surface area contributed by atoms with Crippen LogP contribution in [-0.4, -0.2) is 45.5 Å². The molecule has 2 amide bonds. The number of pyridine rings is 1. The van der Waals surface area contributed by atoms with Gasteiger partial charge in [0.2, 0.25) is 5.78 Å². The molecule has 9 nitrogen and oxygen atoms in total. The second kappa shape index (κ2) is 10.2. The highest BCUT2D eigenvalue weighted by atomic mass is 16.6. The van der Waals surface area contributed by atoms with Crippen LogP contribution in [0.3, 0.4) is 0 Å². The number of carbonyl (C=O) groups is 3. The van der Waals surface area contributed by atoms with Crippen LogP contribution in [0.1, 0.15) is 40.0 Å². The van der Waals surface area contributed by atoms with Crippen LogP contribution < -0.4 is 10.8 Å². The summed E-state index contributed by atoms with van der Waals surface area (Å²) in [5.74, 6) is -1.90. The Morgan fingerprint density at radius 1 is 1.09 bits per heavy atom. The quantitative estimate of drug-likeness (QED) is 0.401. The number of rotatable bonds is 8. The number of nitrogens with one attached hydrogen (secondary N) is 2. The summed E-state index contributed by atoms with van der Waals surface area (Å²) in [6, 6.07) is 11.3. The number of nitrogens with zero attached hydrogens (tertiary/aromatic N) is 3. The molecule has 0 bridgehead atoms. The molecule has 0 saturated carbocycles. The highest BCUT2D eigenvalue weighted by molar-refractivity contribution is 6.38. The maximum Gasteiger partial charge on any atom is 0.313 e. The van der Waals surface area contributed by atoms with Crippen molar-refractivity contribution in [1.82, 2.24) is 25.6 Å². The van der Waals surface area contributed by atoms with E-state index < -0.39 is 23.6 Å². The van der Waals surface area contributed by atoms with Gasteiger partial charge in [-0.2, -0.15) is 5.10 Å². The monoisotopic (exact) mass is 447 g/mol. The molecule has 170 valence electrons. The zero-order valence-corrected chi connectivity index (χ0v) is 18.3. The Hall–Kier alpha value is -3.85. The minimum absolute atomic E-state index is 0.147. The SMILES string of the molecule is CONC(=O)C(=O)C(Cc1ccccc1)NC(=O)c1cccnc1-n1cc2c(n1)CCCC2. The third-order valence-electron chi connectivity index (χ3n) is 5.56. The van der Waals surface area contributed by atoms with Crippen LogP contribution in [-0.2, 0) is 33.7 Å². The predicted octanol–water partition coefficient (Wildman–Crippen LogP) is 1.73. The van der Waals surface area contributed by atoms with E-state index >= 15 is 0 Å². The Kier molecular flexibility index (Phi) is 6.89. The molecule has 2 N–H and O–H groups in total. The number of amides is 2. The minimum atomic E-state index is -1.09. The summed E-state index contributed by atoms with van der Waals surface area (Å²) in [5, 5.41) is 7.33. The van der Waals surface area contributed by atoms with E-state index in [0.29, 0.717) is 5.82 Å². The van der Waals surface area contributed by atoms with Crippen LogP contribution in [0, 0.1) is 0 Å². The largest absolute Gasteiger partial charge is 0.341 e. The van der Waals surface area contributed by atoms with E-state index in [4.69, 9.17) is 0 Å². The molecular formula is C24H25N5O4. The van der Waals surface area contributed by atoms with Gasteiger partial charge in [0.25, 0.3) is 5.91 Å². The van der Waals surface area contributed by atoms with Gasteiger partial charge in [0.15, 0.2) is 5.82 Å². The fourth-order valence-corrected chi connectivity index (χ4v) is 3.93. The van der Waals surface area contributed by atoms with E-state index in [1.54, 1.807) is 23.0 Å². The number of hydroxylamine groups is 1. The lowest BCUT2D eigenvalue weighted by Crippen LogP contribution is -2.48. The van der Waals surface area contributed by atoms with Gasteiger partial charge in [-0.25, -0.2) is 15.1 Å². The number of aromatic nitrogens is 3. The topological polar surface area (TPSA) is 115 Å². The van der Waals surface area contributed by atoms with Crippen LogP contribution >= 0.6 is 0 Å². The second-order valence-corrected chi connectivity index (χ2v) is 7.84. The highest BCUT2D eigenvalue weighted by Crippen LogP contribution is 2.22. The van der Waals surface area contributed by atoms with Gasteiger partial charge in [0.05, 0.1) is 18.4 Å². The Labute approximate surface area is 191 Å².